The molecule has 0 saturated carbocycles. The van der Waals surface area contributed by atoms with Crippen LogP contribution >= 0.6 is 0 Å². The molecule has 0 aliphatic heterocycles. The Balaban J connectivity index is 3.41. The van der Waals surface area contributed by atoms with Gasteiger partial charge in [0.2, 0.25) is 0 Å². The van der Waals surface area contributed by atoms with Crippen molar-refractivity contribution in [2.24, 2.45) is 5.73 Å². The van der Waals surface area contributed by atoms with E-state index in [1.165, 1.54) is 0 Å². The van der Waals surface area contributed by atoms with Gasteiger partial charge in [0.05, 0.1) is 5.69 Å². The molecule has 0 bridgehead atoms. The van der Waals surface area contributed by atoms with Crippen LogP contribution < -0.4 is 11.5 Å². The Labute approximate surface area is 95.6 Å². The van der Waals surface area contributed by atoms with Crippen LogP contribution in [0.4, 0.5) is 10.1 Å². The van der Waals surface area contributed by atoms with E-state index in [1.807, 2.05) is 0 Å². The van der Waals surface area contributed by atoms with Crippen molar-refractivity contribution >= 4 is 17.6 Å². The number of nitrogen functional groups attached to an aromatic ring is 1. The average molecular weight is 242 g/mol. The van der Waals surface area contributed by atoms with Gasteiger partial charge in [-0.2, -0.15) is 0 Å². The van der Waals surface area contributed by atoms with Gasteiger partial charge in [-0.15, -0.1) is 0 Å². The normalized spacial score (nSPS) is 10.5. The molecule has 0 atom stereocenters. The molecule has 0 aliphatic rings. The Hall–Kier alpha value is -2.15. The number of anilines is 1. The predicted molar refractivity (Wildman–Crippen MR) is 56.7 cm³/mol. The molecule has 7 heteroatoms. The smallest absolute Gasteiger partial charge is 0.322 e. The summed E-state index contributed by atoms with van der Waals surface area (Å²) in [6.45, 7) is -0.128. The molecule has 1 rings (SSSR count). The highest BCUT2D eigenvalue weighted by Gasteiger charge is 2.30. The number of hydrogen-bond donors (Lipinski definition) is 4. The molecule has 1 aromatic carbocycles. The fraction of sp³-hybridized carbons (Fsp3) is 0.200. The molecule has 1 aromatic rings. The Morgan fingerprint density at radius 3 is 2.24 bits per heavy atom. The van der Waals surface area contributed by atoms with Gasteiger partial charge in [-0.1, -0.05) is 0 Å². The maximum atomic E-state index is 13.2. The van der Waals surface area contributed by atoms with Crippen LogP contribution in [0.1, 0.15) is 17.0 Å². The van der Waals surface area contributed by atoms with Crippen LogP contribution in [0.3, 0.4) is 0 Å². The van der Waals surface area contributed by atoms with Crippen molar-refractivity contribution in [2.45, 2.75) is 12.5 Å². The van der Waals surface area contributed by atoms with Crippen LogP contribution in [0, 0.1) is 5.82 Å². The maximum absolute atomic E-state index is 13.2. The van der Waals surface area contributed by atoms with Crippen molar-refractivity contribution in [3.05, 3.63) is 29.1 Å². The summed E-state index contributed by atoms with van der Waals surface area (Å²) >= 11 is 0. The number of nitrogens with two attached hydrogens (primary N) is 2. The third kappa shape index (κ3) is 2.51. The van der Waals surface area contributed by atoms with E-state index in [4.69, 9.17) is 21.7 Å². The minimum atomic E-state index is -1.86. The molecule has 0 aliphatic carbocycles. The van der Waals surface area contributed by atoms with Gasteiger partial charge in [-0.25, -0.2) is 4.39 Å². The summed E-state index contributed by atoms with van der Waals surface area (Å²) in [6.07, 6.45) is 0. The fourth-order valence-corrected chi connectivity index (χ4v) is 1.47. The van der Waals surface area contributed by atoms with Crippen LogP contribution in [0.2, 0.25) is 0 Å². The van der Waals surface area contributed by atoms with Crippen LogP contribution in [0.5, 0.6) is 0 Å². The zero-order valence-electron chi connectivity index (χ0n) is 8.68. The standard InChI is InChI=1S/C10H11FN2O4/c11-6-2-5(4(3-12)1-7(6)13)8(9(14)15)10(16)17/h1-2,8H,3,12-13H2,(H,14,15)(H,16,17). The SMILES string of the molecule is NCc1cc(N)c(F)cc1C(C(=O)O)C(=O)O. The van der Waals surface area contributed by atoms with Gasteiger partial charge in [0.1, 0.15) is 5.82 Å². The molecule has 17 heavy (non-hydrogen) atoms. The van der Waals surface area contributed by atoms with E-state index in [-0.39, 0.29) is 23.4 Å². The second-order valence-electron chi connectivity index (χ2n) is 3.39. The Kier molecular flexibility index (Phi) is 3.64. The molecule has 6 N–H and O–H groups in total. The number of hydrogen-bond acceptors (Lipinski definition) is 4. The molecule has 0 spiro atoms. The Bertz CT molecular complexity index is 462. The van der Waals surface area contributed by atoms with Gasteiger partial charge in [0, 0.05) is 6.54 Å². The monoisotopic (exact) mass is 242 g/mol. The number of carboxylic acid groups (broad SMARTS) is 2. The Morgan fingerprint density at radius 2 is 1.82 bits per heavy atom. The second-order valence-corrected chi connectivity index (χ2v) is 3.39. The van der Waals surface area contributed by atoms with E-state index in [9.17, 15) is 14.0 Å². The van der Waals surface area contributed by atoms with Crippen molar-refractivity contribution in [1.82, 2.24) is 0 Å². The molecule has 0 radical (unpaired) electrons. The molecule has 0 heterocycles. The maximum Gasteiger partial charge on any atom is 0.322 e. The first-order chi connectivity index (χ1) is 7.88. The molecule has 6 nitrogen and oxygen atoms in total. The highest BCUT2D eigenvalue weighted by Crippen LogP contribution is 2.25. The quantitative estimate of drug-likeness (QED) is 0.438. The summed E-state index contributed by atoms with van der Waals surface area (Å²) in [5.74, 6) is -5.90. The molecule has 0 saturated heterocycles. The summed E-state index contributed by atoms with van der Waals surface area (Å²) in [4.78, 5) is 21.7. The molecule has 0 fully saturated rings. The molecule has 92 valence electrons. The van der Waals surface area contributed by atoms with Crippen LogP contribution in [-0.2, 0) is 16.1 Å². The largest absolute Gasteiger partial charge is 0.480 e. The van der Waals surface area contributed by atoms with Gasteiger partial charge in [0.25, 0.3) is 0 Å². The lowest BCUT2D eigenvalue weighted by molar-refractivity contribution is -0.150. The molecular weight excluding hydrogens is 231 g/mol. The minimum Gasteiger partial charge on any atom is -0.480 e. The van der Waals surface area contributed by atoms with E-state index >= 15 is 0 Å². The number of carboxylic acids is 2. The number of halogens is 1. The van der Waals surface area contributed by atoms with Crippen LogP contribution in [0.15, 0.2) is 12.1 Å². The molecule has 0 unspecified atom stereocenters. The Morgan fingerprint density at radius 1 is 1.29 bits per heavy atom. The lowest BCUT2D eigenvalue weighted by atomic mass is 9.93. The van der Waals surface area contributed by atoms with Gasteiger partial charge < -0.3 is 21.7 Å². The zero-order chi connectivity index (χ0) is 13.2. The van der Waals surface area contributed by atoms with E-state index in [2.05, 4.69) is 0 Å². The third-order valence-electron chi connectivity index (χ3n) is 2.28. The number of aliphatic carboxylic acids is 2. The van der Waals surface area contributed by atoms with Crippen molar-refractivity contribution < 1.29 is 24.2 Å². The number of carbonyl (C=O) groups is 2. The molecular formula is C10H11FN2O4. The molecule has 0 amide bonds. The first-order valence-electron chi connectivity index (χ1n) is 4.62. The lowest BCUT2D eigenvalue weighted by Crippen LogP contribution is -2.23. The summed E-state index contributed by atoms with van der Waals surface area (Å²) < 4.78 is 13.2. The third-order valence-corrected chi connectivity index (χ3v) is 2.28. The van der Waals surface area contributed by atoms with Gasteiger partial charge in [0.15, 0.2) is 5.92 Å². The van der Waals surface area contributed by atoms with E-state index in [0.29, 0.717) is 0 Å². The van der Waals surface area contributed by atoms with Gasteiger partial charge in [-0.05, 0) is 23.3 Å². The second kappa shape index (κ2) is 4.79. The topological polar surface area (TPSA) is 127 Å². The first-order valence-corrected chi connectivity index (χ1v) is 4.62. The van der Waals surface area contributed by atoms with Crippen LogP contribution in [-0.4, -0.2) is 22.2 Å². The van der Waals surface area contributed by atoms with E-state index in [0.717, 1.165) is 12.1 Å². The van der Waals surface area contributed by atoms with Crippen molar-refractivity contribution in [2.75, 3.05) is 5.73 Å². The minimum absolute atomic E-state index is 0.128. The van der Waals surface area contributed by atoms with Crippen molar-refractivity contribution in [3.8, 4) is 0 Å². The summed E-state index contributed by atoms with van der Waals surface area (Å²) in [5, 5.41) is 17.6. The van der Waals surface area contributed by atoms with Crippen molar-refractivity contribution in [3.63, 3.8) is 0 Å². The van der Waals surface area contributed by atoms with Gasteiger partial charge >= 0.3 is 11.9 Å². The van der Waals surface area contributed by atoms with Crippen LogP contribution in [0.25, 0.3) is 0 Å². The lowest BCUT2D eigenvalue weighted by Gasteiger charge is -2.13. The fourth-order valence-electron chi connectivity index (χ4n) is 1.47. The average Bonchev–Trinajstić information content (AvgIpc) is 2.22. The summed E-state index contributed by atoms with van der Waals surface area (Å²) in [7, 11) is 0. The number of rotatable bonds is 4. The molecule has 0 aromatic heterocycles. The van der Waals surface area contributed by atoms with Crippen molar-refractivity contribution in [1.29, 1.82) is 0 Å². The highest BCUT2D eigenvalue weighted by atomic mass is 19.1. The number of benzene rings is 1. The van der Waals surface area contributed by atoms with Gasteiger partial charge in [-0.3, -0.25) is 9.59 Å². The predicted octanol–water partition coefficient (Wildman–Crippen LogP) is 0.119. The highest BCUT2D eigenvalue weighted by molar-refractivity contribution is 5.99. The zero-order valence-corrected chi connectivity index (χ0v) is 8.68. The summed E-state index contributed by atoms with van der Waals surface area (Å²) in [6, 6.07) is 1.94. The first kappa shape index (κ1) is 12.9. The summed E-state index contributed by atoms with van der Waals surface area (Å²) in [5.41, 5.74) is 10.4. The van der Waals surface area contributed by atoms with E-state index < -0.39 is 23.7 Å². The van der Waals surface area contributed by atoms with E-state index in [1.54, 1.807) is 0 Å².